The van der Waals surface area contributed by atoms with Gasteiger partial charge in [0.15, 0.2) is 0 Å². The van der Waals surface area contributed by atoms with E-state index in [1.807, 2.05) is 0 Å². The van der Waals surface area contributed by atoms with Gasteiger partial charge in [0.1, 0.15) is 0 Å². The van der Waals surface area contributed by atoms with Crippen molar-refractivity contribution < 1.29 is 19.1 Å². The second-order valence-corrected chi connectivity index (χ2v) is 7.22. The topological polar surface area (TPSA) is 52.6 Å². The average molecular weight is 341 g/mol. The van der Waals surface area contributed by atoms with Gasteiger partial charge >= 0.3 is 11.9 Å². The smallest absolute Gasteiger partial charge is 0.309 e. The van der Waals surface area contributed by atoms with Crippen LogP contribution in [0.15, 0.2) is 0 Å². The van der Waals surface area contributed by atoms with E-state index in [4.69, 9.17) is 9.47 Å². The third kappa shape index (κ3) is 7.67. The normalized spacial score (nSPS) is 22.0. The van der Waals surface area contributed by atoms with E-state index in [0.717, 1.165) is 44.9 Å². The maximum Gasteiger partial charge on any atom is 0.309 e. The second-order valence-electron chi connectivity index (χ2n) is 7.22. The van der Waals surface area contributed by atoms with Crippen molar-refractivity contribution in [3.8, 4) is 0 Å². The highest BCUT2D eigenvalue weighted by Crippen LogP contribution is 2.32. The molecule has 0 aromatic rings. The van der Waals surface area contributed by atoms with Gasteiger partial charge in [-0.15, -0.1) is 0 Å². The highest BCUT2D eigenvalue weighted by molar-refractivity contribution is 5.82. The summed E-state index contributed by atoms with van der Waals surface area (Å²) in [5, 5.41) is 0. The Morgan fingerprint density at radius 2 is 1.50 bits per heavy atom. The van der Waals surface area contributed by atoms with Gasteiger partial charge in [0, 0.05) is 0 Å². The predicted octanol–water partition coefficient (Wildman–Crippen LogP) is 4.90. The number of carbonyl (C=O) groups excluding carboxylic acids is 2. The molecule has 0 amide bonds. The molecule has 1 aliphatic carbocycles. The van der Waals surface area contributed by atoms with Gasteiger partial charge in [0.25, 0.3) is 0 Å². The first kappa shape index (κ1) is 21.0. The summed E-state index contributed by atoms with van der Waals surface area (Å²) in [5.74, 6) is -0.657. The molecule has 1 fully saturated rings. The van der Waals surface area contributed by atoms with E-state index in [0.29, 0.717) is 19.1 Å². The monoisotopic (exact) mass is 340 g/mol. The molecule has 24 heavy (non-hydrogen) atoms. The molecule has 0 bridgehead atoms. The molecule has 4 heteroatoms. The van der Waals surface area contributed by atoms with Crippen LogP contribution in [0.25, 0.3) is 0 Å². The van der Waals surface area contributed by atoms with Crippen LogP contribution < -0.4 is 0 Å². The third-order valence-electron chi connectivity index (χ3n) is 5.07. The molecule has 1 saturated carbocycles. The summed E-state index contributed by atoms with van der Waals surface area (Å²) >= 11 is 0. The van der Waals surface area contributed by atoms with Crippen LogP contribution in [0.2, 0.25) is 0 Å². The number of rotatable bonds is 11. The Morgan fingerprint density at radius 3 is 2.08 bits per heavy atom. The summed E-state index contributed by atoms with van der Waals surface area (Å²) in [5.41, 5.74) is 0. The largest absolute Gasteiger partial charge is 0.465 e. The van der Waals surface area contributed by atoms with Gasteiger partial charge in [0.2, 0.25) is 0 Å². The number of esters is 2. The zero-order valence-electron chi connectivity index (χ0n) is 15.9. The molecule has 3 atom stereocenters. The lowest BCUT2D eigenvalue weighted by Gasteiger charge is -2.28. The Labute approximate surface area is 147 Å². The molecule has 0 aromatic carbocycles. The fourth-order valence-electron chi connectivity index (χ4n) is 3.13. The van der Waals surface area contributed by atoms with Crippen molar-refractivity contribution in [3.05, 3.63) is 0 Å². The van der Waals surface area contributed by atoms with Gasteiger partial charge in [-0.3, -0.25) is 9.59 Å². The summed E-state index contributed by atoms with van der Waals surface area (Å²) in [6.45, 7) is 7.26. The fraction of sp³-hybridized carbons (Fsp3) is 0.900. The van der Waals surface area contributed by atoms with Crippen molar-refractivity contribution in [3.63, 3.8) is 0 Å². The Hall–Kier alpha value is -1.06. The fourth-order valence-corrected chi connectivity index (χ4v) is 3.13. The molecule has 0 heterocycles. The van der Waals surface area contributed by atoms with Crippen molar-refractivity contribution in [2.24, 2.45) is 17.8 Å². The lowest BCUT2D eigenvalue weighted by atomic mass is 9.79. The quantitative estimate of drug-likeness (QED) is 0.397. The molecule has 3 unspecified atom stereocenters. The third-order valence-corrected chi connectivity index (χ3v) is 5.07. The van der Waals surface area contributed by atoms with Crippen LogP contribution in [0.5, 0.6) is 0 Å². The number of unbranched alkanes of at least 4 members (excludes halogenated alkanes) is 4. The average Bonchev–Trinajstić information content (AvgIpc) is 2.62. The van der Waals surface area contributed by atoms with Crippen LogP contribution in [0.4, 0.5) is 0 Å². The van der Waals surface area contributed by atoms with E-state index < -0.39 is 0 Å². The highest BCUT2D eigenvalue weighted by Gasteiger charge is 2.37. The Morgan fingerprint density at radius 1 is 0.917 bits per heavy atom. The van der Waals surface area contributed by atoms with Crippen LogP contribution in [0, 0.1) is 17.8 Å². The van der Waals surface area contributed by atoms with Gasteiger partial charge in [-0.1, -0.05) is 65.7 Å². The molecule has 0 spiro atoms. The molecule has 0 radical (unpaired) electrons. The summed E-state index contributed by atoms with van der Waals surface area (Å²) in [6, 6.07) is 0. The second kappa shape index (κ2) is 12.3. The van der Waals surface area contributed by atoms with Crippen molar-refractivity contribution >= 4 is 11.9 Å². The molecule has 1 aliphatic rings. The van der Waals surface area contributed by atoms with E-state index in [1.54, 1.807) is 0 Å². The zero-order valence-corrected chi connectivity index (χ0v) is 15.9. The van der Waals surface area contributed by atoms with Gasteiger partial charge in [-0.25, -0.2) is 0 Å². The van der Waals surface area contributed by atoms with Crippen LogP contribution >= 0.6 is 0 Å². The summed E-state index contributed by atoms with van der Waals surface area (Å²) in [6.07, 6.45) is 10.1. The minimum Gasteiger partial charge on any atom is -0.465 e. The van der Waals surface area contributed by atoms with Gasteiger partial charge in [0.05, 0.1) is 25.0 Å². The van der Waals surface area contributed by atoms with E-state index in [1.165, 1.54) is 19.3 Å². The molecule has 0 N–H and O–H groups in total. The standard InChI is InChI=1S/C20H36O4/c1-4-6-7-8-11-14-23-19(21)17-12-9-10-13-18(17)20(22)24-15-16(3)5-2/h16-18H,4-15H2,1-3H3. The lowest BCUT2D eigenvalue weighted by Crippen LogP contribution is -2.35. The van der Waals surface area contributed by atoms with E-state index in [9.17, 15) is 9.59 Å². The molecular weight excluding hydrogens is 304 g/mol. The first-order chi connectivity index (χ1) is 11.6. The minimum atomic E-state index is -0.310. The van der Waals surface area contributed by atoms with Crippen LogP contribution in [0.1, 0.15) is 85.0 Å². The Bertz CT molecular complexity index is 367. The molecular formula is C20H36O4. The molecule has 0 aromatic heterocycles. The minimum absolute atomic E-state index is 0.198. The maximum absolute atomic E-state index is 12.4. The number of hydrogen-bond donors (Lipinski definition) is 0. The van der Waals surface area contributed by atoms with Gasteiger partial charge in [-0.2, -0.15) is 0 Å². The Kier molecular flexibility index (Phi) is 10.8. The lowest BCUT2D eigenvalue weighted by molar-refractivity contribution is -0.163. The van der Waals surface area contributed by atoms with E-state index in [2.05, 4.69) is 20.8 Å². The SMILES string of the molecule is CCCCCCCOC(=O)C1CCCCC1C(=O)OCC(C)CC. The molecule has 1 rings (SSSR count). The van der Waals surface area contributed by atoms with Crippen molar-refractivity contribution in [2.75, 3.05) is 13.2 Å². The number of ether oxygens (including phenoxy) is 2. The predicted molar refractivity (Wildman–Crippen MR) is 95.6 cm³/mol. The summed E-state index contributed by atoms with van der Waals surface area (Å²) < 4.78 is 10.9. The van der Waals surface area contributed by atoms with Crippen LogP contribution in [-0.2, 0) is 19.1 Å². The number of carbonyl (C=O) groups is 2. The Balaban J connectivity index is 2.38. The summed E-state index contributed by atoms with van der Waals surface area (Å²) in [7, 11) is 0. The van der Waals surface area contributed by atoms with Gasteiger partial charge < -0.3 is 9.47 Å². The van der Waals surface area contributed by atoms with E-state index >= 15 is 0 Å². The molecule has 4 nitrogen and oxygen atoms in total. The van der Waals surface area contributed by atoms with Crippen LogP contribution in [-0.4, -0.2) is 25.2 Å². The van der Waals surface area contributed by atoms with Crippen molar-refractivity contribution in [1.29, 1.82) is 0 Å². The van der Waals surface area contributed by atoms with E-state index in [-0.39, 0.29) is 23.8 Å². The van der Waals surface area contributed by atoms with Crippen molar-refractivity contribution in [2.45, 2.75) is 85.0 Å². The number of hydrogen-bond acceptors (Lipinski definition) is 4. The first-order valence-electron chi connectivity index (χ1n) is 9.93. The maximum atomic E-state index is 12.4. The zero-order chi connectivity index (χ0) is 17.8. The molecule has 0 aliphatic heterocycles. The highest BCUT2D eigenvalue weighted by atomic mass is 16.5. The first-order valence-corrected chi connectivity index (χ1v) is 9.93. The molecule has 140 valence electrons. The van der Waals surface area contributed by atoms with Gasteiger partial charge in [-0.05, 0) is 25.2 Å². The van der Waals surface area contributed by atoms with Crippen LogP contribution in [0.3, 0.4) is 0 Å². The van der Waals surface area contributed by atoms with Crippen molar-refractivity contribution in [1.82, 2.24) is 0 Å². The molecule has 0 saturated heterocycles. The summed E-state index contributed by atoms with van der Waals surface area (Å²) in [4.78, 5) is 24.7.